The molecule has 1 heterocycles. The minimum atomic E-state index is -0.535. The van der Waals surface area contributed by atoms with E-state index in [9.17, 15) is 4.79 Å². The van der Waals surface area contributed by atoms with Gasteiger partial charge < -0.3 is 15.4 Å². The average molecular weight is 388 g/mol. The Hall–Kier alpha value is -2.08. The normalized spacial score (nSPS) is 15.5. The van der Waals surface area contributed by atoms with Gasteiger partial charge in [0.2, 0.25) is 0 Å². The Bertz CT molecular complexity index is 816. The van der Waals surface area contributed by atoms with Gasteiger partial charge in [-0.25, -0.2) is 4.79 Å². The fourth-order valence-electron chi connectivity index (χ4n) is 3.51. The van der Waals surface area contributed by atoms with Crippen molar-refractivity contribution in [2.45, 2.75) is 71.1 Å². The number of rotatable bonds is 3. The van der Waals surface area contributed by atoms with E-state index >= 15 is 0 Å². The summed E-state index contributed by atoms with van der Waals surface area (Å²) in [6.07, 6.45) is 7.69. The molecule has 0 bridgehead atoms. The van der Waals surface area contributed by atoms with Gasteiger partial charge in [0.1, 0.15) is 5.60 Å². The number of aromatic nitrogens is 1. The Kier molecular flexibility index (Phi) is 6.05. The van der Waals surface area contributed by atoms with Gasteiger partial charge >= 0.3 is 6.09 Å². The highest BCUT2D eigenvalue weighted by molar-refractivity contribution is 7.80. The summed E-state index contributed by atoms with van der Waals surface area (Å²) in [6.45, 7) is 6.17. The number of benzene rings is 1. The van der Waals surface area contributed by atoms with E-state index in [1.54, 1.807) is 4.57 Å². The summed E-state index contributed by atoms with van der Waals surface area (Å²) in [6, 6.07) is 8.33. The number of nitrogens with one attached hydrogen (secondary N) is 2. The molecular formula is C21H29N3O2S. The van der Waals surface area contributed by atoms with Gasteiger partial charge in [0, 0.05) is 24.2 Å². The predicted molar refractivity (Wildman–Crippen MR) is 113 cm³/mol. The number of hydrogen-bond acceptors (Lipinski definition) is 3. The van der Waals surface area contributed by atoms with Gasteiger partial charge in [-0.15, -0.1) is 0 Å². The second-order valence-corrected chi connectivity index (χ2v) is 8.59. The largest absolute Gasteiger partial charge is 0.443 e. The van der Waals surface area contributed by atoms with Crippen molar-refractivity contribution in [1.82, 2.24) is 15.2 Å². The van der Waals surface area contributed by atoms with Gasteiger partial charge in [0.05, 0.1) is 5.52 Å². The Labute approximate surface area is 166 Å². The van der Waals surface area contributed by atoms with Crippen LogP contribution in [0.3, 0.4) is 0 Å². The zero-order valence-electron chi connectivity index (χ0n) is 16.4. The van der Waals surface area contributed by atoms with Crippen LogP contribution in [0.25, 0.3) is 10.9 Å². The van der Waals surface area contributed by atoms with Crippen molar-refractivity contribution in [1.29, 1.82) is 0 Å². The SMILES string of the molecule is CC(C)(C)OC(=O)n1cc(CNC(=S)NC2CCCCC2)c2ccccc21. The molecule has 0 amide bonds. The van der Waals surface area contributed by atoms with Crippen LogP contribution in [0.4, 0.5) is 4.79 Å². The van der Waals surface area contributed by atoms with Gasteiger partial charge in [-0.05, 0) is 57.5 Å². The van der Waals surface area contributed by atoms with E-state index in [4.69, 9.17) is 17.0 Å². The fourth-order valence-corrected chi connectivity index (χ4v) is 3.75. The van der Waals surface area contributed by atoms with Crippen molar-refractivity contribution < 1.29 is 9.53 Å². The molecule has 0 saturated heterocycles. The van der Waals surface area contributed by atoms with Crippen molar-refractivity contribution in [3.8, 4) is 0 Å². The summed E-state index contributed by atoms with van der Waals surface area (Å²) in [5, 5.41) is 8.41. The van der Waals surface area contributed by atoms with Crippen LogP contribution in [-0.2, 0) is 11.3 Å². The van der Waals surface area contributed by atoms with Gasteiger partial charge in [0.15, 0.2) is 5.11 Å². The molecule has 146 valence electrons. The highest BCUT2D eigenvalue weighted by atomic mass is 32.1. The van der Waals surface area contributed by atoms with Crippen LogP contribution >= 0.6 is 12.2 Å². The number of nitrogens with zero attached hydrogens (tertiary/aromatic N) is 1. The molecule has 2 N–H and O–H groups in total. The molecule has 1 aromatic carbocycles. The molecule has 0 spiro atoms. The van der Waals surface area contributed by atoms with Crippen molar-refractivity contribution in [3.63, 3.8) is 0 Å². The third-order valence-corrected chi connectivity index (χ3v) is 5.03. The monoisotopic (exact) mass is 387 g/mol. The van der Waals surface area contributed by atoms with E-state index in [0.717, 1.165) is 16.5 Å². The Morgan fingerprint density at radius 1 is 1.22 bits per heavy atom. The Morgan fingerprint density at radius 2 is 1.93 bits per heavy atom. The second kappa shape index (κ2) is 8.30. The van der Waals surface area contributed by atoms with Crippen LogP contribution in [-0.4, -0.2) is 27.4 Å². The molecule has 1 aromatic heterocycles. The molecule has 0 aliphatic heterocycles. The number of ether oxygens (including phenoxy) is 1. The maximum atomic E-state index is 12.6. The van der Waals surface area contributed by atoms with E-state index in [1.165, 1.54) is 32.1 Å². The molecule has 1 aliphatic carbocycles. The molecule has 0 radical (unpaired) electrons. The molecule has 1 aliphatic rings. The zero-order chi connectivity index (χ0) is 19.4. The smallest absolute Gasteiger partial charge is 0.419 e. The van der Waals surface area contributed by atoms with Crippen LogP contribution in [0.15, 0.2) is 30.5 Å². The van der Waals surface area contributed by atoms with E-state index in [0.29, 0.717) is 17.7 Å². The Morgan fingerprint density at radius 3 is 2.63 bits per heavy atom. The molecule has 1 saturated carbocycles. The lowest BCUT2D eigenvalue weighted by atomic mass is 9.96. The standard InChI is InChI=1S/C21H29N3O2S/c1-21(2,3)26-20(25)24-14-15(17-11-7-8-12-18(17)24)13-22-19(27)23-16-9-5-4-6-10-16/h7-8,11-12,14,16H,4-6,9-10,13H2,1-3H3,(H2,22,23,27). The van der Waals surface area contributed by atoms with Crippen LogP contribution < -0.4 is 10.6 Å². The summed E-state index contributed by atoms with van der Waals surface area (Å²) < 4.78 is 7.12. The minimum Gasteiger partial charge on any atom is -0.443 e. The molecule has 2 aromatic rings. The first-order valence-corrected chi connectivity index (χ1v) is 10.1. The number of hydrogen-bond donors (Lipinski definition) is 2. The summed E-state index contributed by atoms with van der Waals surface area (Å²) in [4.78, 5) is 12.6. The lowest BCUT2D eigenvalue weighted by molar-refractivity contribution is 0.0544. The predicted octanol–water partition coefficient (Wildman–Crippen LogP) is 4.72. The van der Waals surface area contributed by atoms with Gasteiger partial charge in [-0.1, -0.05) is 37.5 Å². The molecule has 1 fully saturated rings. The van der Waals surface area contributed by atoms with Crippen LogP contribution in [0, 0.1) is 0 Å². The summed E-state index contributed by atoms with van der Waals surface area (Å²) in [5.74, 6) is 0. The fraction of sp³-hybridized carbons (Fsp3) is 0.524. The van der Waals surface area contributed by atoms with Crippen molar-refractivity contribution in [2.75, 3.05) is 0 Å². The van der Waals surface area contributed by atoms with Crippen molar-refractivity contribution >= 4 is 34.3 Å². The van der Waals surface area contributed by atoms with Gasteiger partial charge in [-0.2, -0.15) is 0 Å². The van der Waals surface area contributed by atoms with Gasteiger partial charge in [0.25, 0.3) is 0 Å². The average Bonchev–Trinajstić information content (AvgIpc) is 2.98. The maximum absolute atomic E-state index is 12.6. The van der Waals surface area contributed by atoms with E-state index in [1.807, 2.05) is 51.2 Å². The number of para-hydroxylation sites is 1. The van der Waals surface area contributed by atoms with Crippen LogP contribution in [0.5, 0.6) is 0 Å². The minimum absolute atomic E-state index is 0.368. The second-order valence-electron chi connectivity index (χ2n) is 8.18. The highest BCUT2D eigenvalue weighted by Gasteiger charge is 2.21. The molecule has 0 atom stereocenters. The quantitative estimate of drug-likeness (QED) is 0.746. The third-order valence-electron chi connectivity index (χ3n) is 4.76. The third kappa shape index (κ3) is 5.22. The molecule has 3 rings (SSSR count). The molecule has 5 nitrogen and oxygen atoms in total. The number of carbonyl (C=O) groups is 1. The summed E-state index contributed by atoms with van der Waals surface area (Å²) >= 11 is 5.47. The van der Waals surface area contributed by atoms with E-state index in [-0.39, 0.29) is 6.09 Å². The zero-order valence-corrected chi connectivity index (χ0v) is 17.2. The number of thiocarbonyl (C=S) groups is 1. The van der Waals surface area contributed by atoms with E-state index in [2.05, 4.69) is 10.6 Å². The van der Waals surface area contributed by atoms with Crippen LogP contribution in [0.1, 0.15) is 58.4 Å². The first-order valence-electron chi connectivity index (χ1n) is 9.70. The molecule has 6 heteroatoms. The topological polar surface area (TPSA) is 55.3 Å². The number of carbonyl (C=O) groups excluding carboxylic acids is 1. The molecule has 27 heavy (non-hydrogen) atoms. The Balaban J connectivity index is 1.71. The van der Waals surface area contributed by atoms with E-state index < -0.39 is 5.60 Å². The maximum Gasteiger partial charge on any atom is 0.419 e. The lowest BCUT2D eigenvalue weighted by Gasteiger charge is -2.24. The highest BCUT2D eigenvalue weighted by Crippen LogP contribution is 2.23. The first kappa shape index (κ1) is 19.7. The van der Waals surface area contributed by atoms with Crippen molar-refractivity contribution in [3.05, 3.63) is 36.0 Å². The van der Waals surface area contributed by atoms with Gasteiger partial charge in [-0.3, -0.25) is 4.57 Å². The summed E-state index contributed by atoms with van der Waals surface area (Å²) in [7, 11) is 0. The molecule has 0 unspecified atom stereocenters. The number of fused-ring (bicyclic) bond motifs is 1. The van der Waals surface area contributed by atoms with Crippen LogP contribution in [0.2, 0.25) is 0 Å². The molecular weight excluding hydrogens is 358 g/mol. The first-order chi connectivity index (χ1) is 12.8. The lowest BCUT2D eigenvalue weighted by Crippen LogP contribution is -2.42. The summed E-state index contributed by atoms with van der Waals surface area (Å²) in [5.41, 5.74) is 1.32. The van der Waals surface area contributed by atoms with Crippen molar-refractivity contribution in [2.24, 2.45) is 0 Å².